The van der Waals surface area contributed by atoms with Gasteiger partial charge in [0, 0.05) is 17.8 Å². The lowest BCUT2D eigenvalue weighted by atomic mass is 10.2. The Hall–Kier alpha value is -2.29. The summed E-state index contributed by atoms with van der Waals surface area (Å²) in [5, 5.41) is 0.919. The molecule has 0 aliphatic rings. The van der Waals surface area contributed by atoms with Gasteiger partial charge in [-0.2, -0.15) is 0 Å². The van der Waals surface area contributed by atoms with Gasteiger partial charge < -0.3 is 0 Å². The van der Waals surface area contributed by atoms with Crippen molar-refractivity contribution in [3.05, 3.63) is 54.9 Å². The van der Waals surface area contributed by atoms with Gasteiger partial charge in [-0.15, -0.1) is 0 Å². The Labute approximate surface area is 92.8 Å². The number of rotatable bonds is 1. The quantitative estimate of drug-likeness (QED) is 0.614. The fourth-order valence-corrected chi connectivity index (χ4v) is 1.55. The summed E-state index contributed by atoms with van der Waals surface area (Å²) < 4.78 is 0. The fraction of sp³-hybridized carbons (Fsp3) is 0. The van der Waals surface area contributed by atoms with Crippen LogP contribution < -0.4 is 0 Å². The lowest BCUT2D eigenvalue weighted by Gasteiger charge is -2.00. The average molecular weight is 206 g/mol. The van der Waals surface area contributed by atoms with Crippen molar-refractivity contribution in [1.82, 2.24) is 15.0 Å². The van der Waals surface area contributed by atoms with Crippen molar-refractivity contribution in [3.63, 3.8) is 0 Å². The molecule has 3 rings (SSSR count). The molecule has 0 spiro atoms. The van der Waals surface area contributed by atoms with E-state index in [1.165, 1.54) is 0 Å². The zero-order valence-corrected chi connectivity index (χ0v) is 8.46. The van der Waals surface area contributed by atoms with Crippen LogP contribution in [0, 0.1) is 6.07 Å². The molecule has 75 valence electrons. The first kappa shape index (κ1) is 8.97. The third-order valence-electron chi connectivity index (χ3n) is 2.31. The monoisotopic (exact) mass is 206 g/mol. The minimum atomic E-state index is 0.700. The second-order valence-electron chi connectivity index (χ2n) is 3.37. The highest BCUT2D eigenvalue weighted by Gasteiger charge is 2.01. The molecule has 3 aromatic heterocycles. The van der Waals surface area contributed by atoms with Crippen molar-refractivity contribution < 1.29 is 0 Å². The summed E-state index contributed by atoms with van der Waals surface area (Å²) in [4.78, 5) is 12.9. The molecule has 0 amide bonds. The van der Waals surface area contributed by atoms with Gasteiger partial charge in [0.05, 0.1) is 11.4 Å². The van der Waals surface area contributed by atoms with Gasteiger partial charge in [-0.25, -0.2) is 9.97 Å². The number of nitrogens with zero attached hydrogens (tertiary/aromatic N) is 3. The molecule has 0 saturated heterocycles. The van der Waals surface area contributed by atoms with E-state index >= 15 is 0 Å². The molecule has 0 unspecified atom stereocenters. The predicted octanol–water partition coefficient (Wildman–Crippen LogP) is 2.49. The fourth-order valence-electron chi connectivity index (χ4n) is 1.55. The number of aromatic nitrogens is 3. The van der Waals surface area contributed by atoms with E-state index in [2.05, 4.69) is 21.0 Å². The molecule has 0 fully saturated rings. The summed E-state index contributed by atoms with van der Waals surface area (Å²) in [6.45, 7) is 0. The Morgan fingerprint density at radius 1 is 0.875 bits per heavy atom. The van der Waals surface area contributed by atoms with Crippen LogP contribution in [0.5, 0.6) is 0 Å². The predicted molar refractivity (Wildman–Crippen MR) is 61.6 cm³/mol. The molecular weight excluding hydrogens is 198 g/mol. The Kier molecular flexibility index (Phi) is 2.07. The summed E-state index contributed by atoms with van der Waals surface area (Å²) in [6.07, 6.45) is 3.45. The Bertz CT molecular complexity index is 620. The van der Waals surface area contributed by atoms with Gasteiger partial charge in [0.15, 0.2) is 5.65 Å². The van der Waals surface area contributed by atoms with Gasteiger partial charge in [-0.05, 0) is 36.4 Å². The van der Waals surface area contributed by atoms with Crippen molar-refractivity contribution in [2.24, 2.45) is 0 Å². The lowest BCUT2D eigenvalue weighted by molar-refractivity contribution is 1.24. The summed E-state index contributed by atoms with van der Waals surface area (Å²) in [7, 11) is 0. The van der Waals surface area contributed by atoms with Gasteiger partial charge in [-0.1, -0.05) is 6.07 Å². The molecule has 0 saturated carbocycles. The normalized spacial score (nSPS) is 10.5. The van der Waals surface area contributed by atoms with Gasteiger partial charge in [-0.3, -0.25) is 4.98 Å². The van der Waals surface area contributed by atoms with Crippen molar-refractivity contribution in [3.8, 4) is 11.4 Å². The lowest BCUT2D eigenvalue weighted by Crippen LogP contribution is -1.89. The Morgan fingerprint density at radius 2 is 1.88 bits per heavy atom. The molecule has 3 nitrogen and oxygen atoms in total. The van der Waals surface area contributed by atoms with E-state index in [0.717, 1.165) is 16.8 Å². The summed E-state index contributed by atoms with van der Waals surface area (Å²) in [5.41, 5.74) is 2.39. The topological polar surface area (TPSA) is 38.7 Å². The number of fused-ring (bicyclic) bond motifs is 1. The van der Waals surface area contributed by atoms with Crippen molar-refractivity contribution >= 4 is 11.0 Å². The first-order chi connectivity index (χ1) is 7.93. The molecule has 0 N–H and O–H groups in total. The molecule has 0 aliphatic carbocycles. The molecule has 3 heterocycles. The van der Waals surface area contributed by atoms with Crippen LogP contribution in [0.25, 0.3) is 22.4 Å². The zero-order valence-electron chi connectivity index (χ0n) is 8.46. The Morgan fingerprint density at radius 3 is 2.75 bits per heavy atom. The van der Waals surface area contributed by atoms with Gasteiger partial charge >= 0.3 is 0 Å². The molecule has 3 aromatic rings. The van der Waals surface area contributed by atoms with Crippen LogP contribution >= 0.6 is 0 Å². The molecule has 0 aliphatic heterocycles. The maximum absolute atomic E-state index is 4.44. The smallest absolute Gasteiger partial charge is 0.160 e. The van der Waals surface area contributed by atoms with E-state index in [-0.39, 0.29) is 0 Å². The van der Waals surface area contributed by atoms with E-state index in [0.29, 0.717) is 5.65 Å². The van der Waals surface area contributed by atoms with E-state index in [4.69, 9.17) is 0 Å². The first-order valence-corrected chi connectivity index (χ1v) is 4.98. The van der Waals surface area contributed by atoms with Crippen LogP contribution in [0.2, 0.25) is 0 Å². The van der Waals surface area contributed by atoms with Gasteiger partial charge in [0.2, 0.25) is 0 Å². The molecular formula is C13H8N3. The minimum Gasteiger partial charge on any atom is -0.255 e. The number of hydrogen-bond donors (Lipinski definition) is 0. The highest BCUT2D eigenvalue weighted by atomic mass is 14.9. The second-order valence-corrected chi connectivity index (χ2v) is 3.37. The van der Waals surface area contributed by atoms with Crippen LogP contribution in [-0.4, -0.2) is 15.0 Å². The highest BCUT2D eigenvalue weighted by Crippen LogP contribution is 2.16. The standard InChI is InChI=1S/C13H8N3/c1-2-8-14-11(5-1)12-7-6-10-4-3-9-15-13(10)16-12/h1-3,5-9H. The van der Waals surface area contributed by atoms with E-state index in [1.807, 2.05) is 30.3 Å². The summed E-state index contributed by atoms with van der Waals surface area (Å²) in [6, 6.07) is 14.5. The van der Waals surface area contributed by atoms with Crippen LogP contribution in [0.4, 0.5) is 0 Å². The average Bonchev–Trinajstić information content (AvgIpc) is 2.39. The van der Waals surface area contributed by atoms with E-state index < -0.39 is 0 Å². The molecule has 0 aromatic carbocycles. The van der Waals surface area contributed by atoms with Crippen LogP contribution in [0.15, 0.2) is 48.8 Å². The number of hydrogen-bond acceptors (Lipinski definition) is 3. The van der Waals surface area contributed by atoms with Gasteiger partial charge in [0.25, 0.3) is 0 Å². The molecule has 1 radical (unpaired) electrons. The molecule has 3 heteroatoms. The van der Waals surface area contributed by atoms with Crippen molar-refractivity contribution in [2.75, 3.05) is 0 Å². The van der Waals surface area contributed by atoms with Gasteiger partial charge in [0.1, 0.15) is 0 Å². The first-order valence-electron chi connectivity index (χ1n) is 4.98. The van der Waals surface area contributed by atoms with Crippen LogP contribution in [0.3, 0.4) is 0 Å². The largest absolute Gasteiger partial charge is 0.255 e. The Balaban J connectivity index is 2.19. The van der Waals surface area contributed by atoms with Crippen molar-refractivity contribution in [2.45, 2.75) is 0 Å². The third kappa shape index (κ3) is 1.52. The zero-order chi connectivity index (χ0) is 10.8. The second kappa shape index (κ2) is 3.70. The summed E-state index contributed by atoms with van der Waals surface area (Å²) >= 11 is 0. The van der Waals surface area contributed by atoms with Crippen molar-refractivity contribution in [1.29, 1.82) is 0 Å². The minimum absolute atomic E-state index is 0.700. The SMILES string of the molecule is [c]1ccnc2nc(-c3ccccn3)ccc12. The van der Waals surface area contributed by atoms with Crippen LogP contribution in [0.1, 0.15) is 0 Å². The maximum Gasteiger partial charge on any atom is 0.160 e. The maximum atomic E-state index is 4.44. The van der Waals surface area contributed by atoms with E-state index in [1.54, 1.807) is 18.5 Å². The highest BCUT2D eigenvalue weighted by molar-refractivity contribution is 5.76. The molecule has 0 bridgehead atoms. The molecule has 16 heavy (non-hydrogen) atoms. The molecule has 0 atom stereocenters. The van der Waals surface area contributed by atoms with E-state index in [9.17, 15) is 0 Å². The number of pyridine rings is 3. The van der Waals surface area contributed by atoms with Crippen LogP contribution in [-0.2, 0) is 0 Å². The third-order valence-corrected chi connectivity index (χ3v) is 2.31. The summed E-state index contributed by atoms with van der Waals surface area (Å²) in [5.74, 6) is 0.